The van der Waals surface area contributed by atoms with Gasteiger partial charge in [0.2, 0.25) is 0 Å². The van der Waals surface area contributed by atoms with Crippen molar-refractivity contribution in [3.63, 3.8) is 0 Å². The van der Waals surface area contributed by atoms with E-state index < -0.39 is 24.0 Å². The molecule has 0 saturated carbocycles. The van der Waals surface area contributed by atoms with Gasteiger partial charge in [0, 0.05) is 11.6 Å². The van der Waals surface area contributed by atoms with Gasteiger partial charge in [-0.1, -0.05) is 6.08 Å². The Morgan fingerprint density at radius 3 is 2.53 bits per heavy atom. The summed E-state index contributed by atoms with van der Waals surface area (Å²) in [6, 6.07) is 2.09. The zero-order valence-electron chi connectivity index (χ0n) is 9.91. The summed E-state index contributed by atoms with van der Waals surface area (Å²) in [5.74, 6) is -1.13. The molecule has 0 radical (unpaired) electrons. The molecule has 0 saturated heterocycles. The molecule has 0 bridgehead atoms. The number of benzene rings is 1. The molecule has 2 N–H and O–H groups in total. The molecule has 108 valence electrons. The number of hydrogen-bond donors (Lipinski definition) is 1. The fourth-order valence-corrected chi connectivity index (χ4v) is 1.46. The summed E-state index contributed by atoms with van der Waals surface area (Å²) < 4.78 is 53.2. The van der Waals surface area contributed by atoms with Crippen LogP contribution >= 0.6 is 12.4 Å². The topological polar surface area (TPSA) is 35.2 Å². The molecule has 0 aliphatic rings. The van der Waals surface area contributed by atoms with Crippen molar-refractivity contribution in [3.05, 3.63) is 42.2 Å². The van der Waals surface area contributed by atoms with Crippen LogP contribution in [0.15, 0.2) is 30.9 Å². The van der Waals surface area contributed by atoms with E-state index in [1.165, 1.54) is 0 Å². The third-order valence-electron chi connectivity index (χ3n) is 2.28. The van der Waals surface area contributed by atoms with Gasteiger partial charge in [-0.3, -0.25) is 0 Å². The predicted octanol–water partition coefficient (Wildman–Crippen LogP) is 4.11. The molecule has 0 fully saturated rings. The van der Waals surface area contributed by atoms with Crippen LogP contribution in [0.25, 0.3) is 0 Å². The van der Waals surface area contributed by atoms with Gasteiger partial charge >= 0.3 is 6.36 Å². The highest BCUT2D eigenvalue weighted by molar-refractivity contribution is 5.85. The molecule has 1 aromatic carbocycles. The second kappa shape index (κ2) is 7.35. The second-order valence-corrected chi connectivity index (χ2v) is 3.70. The SMILES string of the molecule is C=CCC[C@@H](N)c1cc(OC(F)(F)F)ccc1F.Cl. The Hall–Kier alpha value is -1.27. The zero-order valence-corrected chi connectivity index (χ0v) is 10.7. The summed E-state index contributed by atoms with van der Waals surface area (Å²) in [6.45, 7) is 3.49. The quantitative estimate of drug-likeness (QED) is 0.656. The Kier molecular flexibility index (Phi) is 6.86. The van der Waals surface area contributed by atoms with Crippen molar-refractivity contribution >= 4 is 12.4 Å². The number of alkyl halides is 3. The Bertz CT molecular complexity index is 423. The van der Waals surface area contributed by atoms with Gasteiger partial charge in [0.05, 0.1) is 0 Å². The van der Waals surface area contributed by atoms with Gasteiger partial charge in [-0.25, -0.2) is 4.39 Å². The lowest BCUT2D eigenvalue weighted by Gasteiger charge is -2.14. The highest BCUT2D eigenvalue weighted by Crippen LogP contribution is 2.28. The maximum absolute atomic E-state index is 13.4. The van der Waals surface area contributed by atoms with E-state index in [1.807, 2.05) is 0 Å². The van der Waals surface area contributed by atoms with Crippen LogP contribution in [0.4, 0.5) is 17.6 Å². The highest BCUT2D eigenvalue weighted by atomic mass is 35.5. The molecule has 0 aromatic heterocycles. The minimum absolute atomic E-state index is 0. The van der Waals surface area contributed by atoms with Crippen molar-refractivity contribution in [3.8, 4) is 5.75 Å². The van der Waals surface area contributed by atoms with Crippen molar-refractivity contribution in [2.24, 2.45) is 5.73 Å². The summed E-state index contributed by atoms with van der Waals surface area (Å²) in [5.41, 5.74) is 5.69. The third kappa shape index (κ3) is 5.94. The lowest BCUT2D eigenvalue weighted by atomic mass is 10.0. The van der Waals surface area contributed by atoms with Crippen LogP contribution in [-0.2, 0) is 0 Å². The van der Waals surface area contributed by atoms with E-state index in [0.717, 1.165) is 18.2 Å². The molecule has 2 nitrogen and oxygen atoms in total. The van der Waals surface area contributed by atoms with Crippen LogP contribution in [-0.4, -0.2) is 6.36 Å². The van der Waals surface area contributed by atoms with Crippen molar-refractivity contribution in [1.29, 1.82) is 0 Å². The first-order valence-electron chi connectivity index (χ1n) is 5.25. The Morgan fingerprint density at radius 1 is 1.37 bits per heavy atom. The molecule has 19 heavy (non-hydrogen) atoms. The van der Waals surface area contributed by atoms with E-state index in [0.29, 0.717) is 12.8 Å². The molecular formula is C12H14ClF4NO. The molecule has 7 heteroatoms. The molecule has 0 unspecified atom stereocenters. The predicted molar refractivity (Wildman–Crippen MR) is 66.7 cm³/mol. The molecule has 1 rings (SSSR count). The molecule has 0 heterocycles. The standard InChI is InChI=1S/C12H13F4NO.ClH/c1-2-3-4-11(17)9-7-8(5-6-10(9)13)18-12(14,15)16;/h2,5-7,11H,1,3-4,17H2;1H/t11-;/m1./s1. The van der Waals surface area contributed by atoms with Crippen molar-refractivity contribution in [2.45, 2.75) is 25.2 Å². The molecule has 1 aromatic rings. The van der Waals surface area contributed by atoms with Gasteiger partial charge in [0.1, 0.15) is 11.6 Å². The Morgan fingerprint density at radius 2 is 2.00 bits per heavy atom. The number of ether oxygens (including phenoxy) is 1. The molecule has 0 aliphatic heterocycles. The van der Waals surface area contributed by atoms with Crippen molar-refractivity contribution < 1.29 is 22.3 Å². The highest BCUT2D eigenvalue weighted by Gasteiger charge is 2.31. The zero-order chi connectivity index (χ0) is 13.8. The minimum Gasteiger partial charge on any atom is -0.406 e. The summed E-state index contributed by atoms with van der Waals surface area (Å²) in [4.78, 5) is 0. The van der Waals surface area contributed by atoms with E-state index in [2.05, 4.69) is 11.3 Å². The molecule has 0 aliphatic carbocycles. The Balaban J connectivity index is 0.00000324. The fourth-order valence-electron chi connectivity index (χ4n) is 1.46. The number of rotatable bonds is 5. The third-order valence-corrected chi connectivity index (χ3v) is 2.28. The van der Waals surface area contributed by atoms with Crippen LogP contribution in [0.3, 0.4) is 0 Å². The summed E-state index contributed by atoms with van der Waals surface area (Å²) in [6.07, 6.45) is -2.25. The number of nitrogens with two attached hydrogens (primary N) is 1. The second-order valence-electron chi connectivity index (χ2n) is 3.70. The van der Waals surface area contributed by atoms with Crippen LogP contribution in [0.5, 0.6) is 5.75 Å². The van der Waals surface area contributed by atoms with E-state index in [-0.39, 0.29) is 18.0 Å². The number of allylic oxidation sites excluding steroid dienone is 1. The van der Waals surface area contributed by atoms with Crippen molar-refractivity contribution in [2.75, 3.05) is 0 Å². The van der Waals surface area contributed by atoms with Gasteiger partial charge < -0.3 is 10.5 Å². The summed E-state index contributed by atoms with van der Waals surface area (Å²) >= 11 is 0. The number of halogens is 5. The first-order chi connectivity index (χ1) is 8.33. The van der Waals surface area contributed by atoms with Gasteiger partial charge in [0.25, 0.3) is 0 Å². The Labute approximate surface area is 114 Å². The van der Waals surface area contributed by atoms with Gasteiger partial charge in [0.15, 0.2) is 0 Å². The van der Waals surface area contributed by atoms with Gasteiger partial charge in [-0.15, -0.1) is 32.2 Å². The van der Waals surface area contributed by atoms with Crippen LogP contribution in [0.2, 0.25) is 0 Å². The molecule has 0 amide bonds. The van der Waals surface area contributed by atoms with E-state index in [1.54, 1.807) is 6.08 Å². The minimum atomic E-state index is -4.81. The summed E-state index contributed by atoms with van der Waals surface area (Å²) in [7, 11) is 0. The van der Waals surface area contributed by atoms with E-state index >= 15 is 0 Å². The number of hydrogen-bond acceptors (Lipinski definition) is 2. The maximum Gasteiger partial charge on any atom is 0.573 e. The first-order valence-corrected chi connectivity index (χ1v) is 5.25. The average molecular weight is 300 g/mol. The van der Waals surface area contributed by atoms with Crippen LogP contribution in [0.1, 0.15) is 24.4 Å². The molecule has 0 spiro atoms. The smallest absolute Gasteiger partial charge is 0.406 e. The molecule has 1 atom stereocenters. The molecular weight excluding hydrogens is 286 g/mol. The first kappa shape index (κ1) is 17.7. The van der Waals surface area contributed by atoms with Gasteiger partial charge in [-0.05, 0) is 31.0 Å². The van der Waals surface area contributed by atoms with Gasteiger partial charge in [-0.2, -0.15) is 0 Å². The summed E-state index contributed by atoms with van der Waals surface area (Å²) in [5, 5.41) is 0. The van der Waals surface area contributed by atoms with Crippen molar-refractivity contribution in [1.82, 2.24) is 0 Å². The maximum atomic E-state index is 13.4. The lowest BCUT2D eigenvalue weighted by molar-refractivity contribution is -0.274. The average Bonchev–Trinajstić information content (AvgIpc) is 2.26. The van der Waals surface area contributed by atoms with E-state index in [9.17, 15) is 17.6 Å². The monoisotopic (exact) mass is 299 g/mol. The lowest BCUT2D eigenvalue weighted by Crippen LogP contribution is -2.18. The largest absolute Gasteiger partial charge is 0.573 e. The van der Waals surface area contributed by atoms with Crippen LogP contribution in [0, 0.1) is 5.82 Å². The fraction of sp³-hybridized carbons (Fsp3) is 0.333. The van der Waals surface area contributed by atoms with E-state index in [4.69, 9.17) is 5.73 Å². The normalized spacial score (nSPS) is 12.5. The van der Waals surface area contributed by atoms with Crippen LogP contribution < -0.4 is 10.5 Å².